The first-order chi connectivity index (χ1) is 12.5. The minimum atomic E-state index is -0.530. The topological polar surface area (TPSA) is 148 Å². The number of nitro groups is 2. The molecule has 138 valence electrons. The second-order valence-electron chi connectivity index (χ2n) is 5.16. The maximum absolute atomic E-state index is 10.6. The lowest BCUT2D eigenvalue weighted by Gasteiger charge is -1.91. The van der Waals surface area contributed by atoms with Crippen molar-refractivity contribution in [3.05, 3.63) is 74.6 Å². The summed E-state index contributed by atoms with van der Waals surface area (Å²) in [5.41, 5.74) is 1.06. The summed E-state index contributed by atoms with van der Waals surface area (Å²) in [7, 11) is 0. The van der Waals surface area contributed by atoms with Crippen LogP contribution in [0.2, 0.25) is 0 Å². The van der Waals surface area contributed by atoms with E-state index in [0.29, 0.717) is 17.2 Å². The highest BCUT2D eigenvalue weighted by Gasteiger charge is 2.15. The molecule has 0 bridgehead atoms. The number of aromatic nitrogens is 3. The highest BCUT2D eigenvalue weighted by molar-refractivity contribution is 5.98. The number of nitrogens with zero attached hydrogens (tertiary/aromatic N) is 3. The van der Waals surface area contributed by atoms with E-state index in [2.05, 4.69) is 15.2 Å². The molecule has 10 heteroatoms. The summed E-state index contributed by atoms with van der Waals surface area (Å²) in [4.78, 5) is 33.5. The smallest absolute Gasteiger partial charge is 0.297 e. The summed E-state index contributed by atoms with van der Waals surface area (Å²) in [6.45, 7) is 0. The van der Waals surface area contributed by atoms with Crippen LogP contribution in [0.25, 0.3) is 21.8 Å². The fourth-order valence-electron chi connectivity index (χ4n) is 2.50. The molecule has 2 aromatic heterocycles. The maximum atomic E-state index is 10.6. The normalized spacial score (nSPS) is 9.93. The first-order valence-corrected chi connectivity index (χ1v) is 7.30. The van der Waals surface area contributed by atoms with Gasteiger partial charge >= 0.3 is 0 Å². The van der Waals surface area contributed by atoms with Crippen LogP contribution in [0.15, 0.2) is 48.7 Å². The molecule has 2 heterocycles. The molecule has 0 aliphatic carbocycles. The molecule has 0 aliphatic rings. The number of rotatable bonds is 3. The van der Waals surface area contributed by atoms with Crippen LogP contribution >= 0.6 is 0 Å². The summed E-state index contributed by atoms with van der Waals surface area (Å²) in [5, 5.41) is 28.6. The van der Waals surface area contributed by atoms with Crippen molar-refractivity contribution < 1.29 is 14.6 Å². The second-order valence-corrected chi connectivity index (χ2v) is 5.16. The van der Waals surface area contributed by atoms with Crippen molar-refractivity contribution in [2.24, 2.45) is 0 Å². The van der Waals surface area contributed by atoms with Gasteiger partial charge in [-0.1, -0.05) is 25.6 Å². The van der Waals surface area contributed by atoms with Crippen molar-refractivity contribution in [1.29, 1.82) is 0 Å². The molecule has 27 heavy (non-hydrogen) atoms. The average Bonchev–Trinajstić information content (AvgIpc) is 3.27. The van der Waals surface area contributed by atoms with E-state index in [-0.39, 0.29) is 30.0 Å². The van der Waals surface area contributed by atoms with Crippen LogP contribution in [0.4, 0.5) is 11.4 Å². The summed E-state index contributed by atoms with van der Waals surface area (Å²) < 4.78 is 0. The van der Waals surface area contributed by atoms with Crippen molar-refractivity contribution in [3.8, 4) is 0 Å². The molecule has 4 rings (SSSR count). The summed E-state index contributed by atoms with van der Waals surface area (Å²) in [6, 6.07) is 11.3. The number of aromatic amines is 2. The number of carbonyl (C=O) groups is 1. The van der Waals surface area contributed by atoms with Crippen molar-refractivity contribution in [1.82, 2.24) is 15.2 Å². The monoisotopic (exact) mass is 369 g/mol. The average molecular weight is 369 g/mol. The third kappa shape index (κ3) is 3.63. The zero-order valence-corrected chi connectivity index (χ0v) is 13.1. The Morgan fingerprint density at radius 2 is 1.63 bits per heavy atom. The predicted octanol–water partition coefficient (Wildman–Crippen LogP) is 4.00. The van der Waals surface area contributed by atoms with Crippen LogP contribution in [0, 0.1) is 20.2 Å². The van der Waals surface area contributed by atoms with Gasteiger partial charge in [0.1, 0.15) is 11.2 Å². The van der Waals surface area contributed by atoms with Gasteiger partial charge in [-0.2, -0.15) is 5.10 Å². The minimum absolute atomic E-state index is 0. The van der Waals surface area contributed by atoms with E-state index in [0.717, 1.165) is 5.39 Å². The number of non-ortho nitro benzene ring substituents is 2. The predicted molar refractivity (Wildman–Crippen MR) is 99.8 cm³/mol. The van der Waals surface area contributed by atoms with E-state index in [1.807, 2.05) is 12.1 Å². The fourth-order valence-corrected chi connectivity index (χ4v) is 2.50. The number of carbonyl (C=O) groups excluding carboxylic acids is 1. The van der Waals surface area contributed by atoms with Gasteiger partial charge in [0.05, 0.1) is 9.85 Å². The number of hydrogen-bond donors (Lipinski definition) is 2. The van der Waals surface area contributed by atoms with Crippen molar-refractivity contribution in [2.75, 3.05) is 0 Å². The standard InChI is InChI=1S/C8H5N3O3.C8H6N2O2.CH4/c12-4-6-5-2-1-3-7(11(13)14)8(5)10-9-6;11-10(12)7-3-1-2-6-4-5-9-8(6)7;/h1-4H,(H,9,10);1-5,9H;1H4. The molecular formula is C17H15N5O5. The van der Waals surface area contributed by atoms with Crippen LogP contribution in [-0.2, 0) is 0 Å². The lowest BCUT2D eigenvalue weighted by molar-refractivity contribution is -0.383. The quantitative estimate of drug-likeness (QED) is 0.317. The van der Waals surface area contributed by atoms with Crippen LogP contribution in [0.5, 0.6) is 0 Å². The molecule has 2 aromatic carbocycles. The number of para-hydroxylation sites is 2. The zero-order chi connectivity index (χ0) is 18.7. The van der Waals surface area contributed by atoms with E-state index in [9.17, 15) is 25.0 Å². The molecule has 2 N–H and O–H groups in total. The van der Waals surface area contributed by atoms with Crippen LogP contribution in [0.1, 0.15) is 17.9 Å². The fraction of sp³-hybridized carbons (Fsp3) is 0.0588. The van der Waals surface area contributed by atoms with Crippen molar-refractivity contribution >= 4 is 39.5 Å². The Bertz CT molecular complexity index is 1130. The lowest BCUT2D eigenvalue weighted by atomic mass is 10.2. The van der Waals surface area contributed by atoms with Gasteiger partial charge < -0.3 is 4.98 Å². The molecule has 0 fully saturated rings. The van der Waals surface area contributed by atoms with Crippen molar-refractivity contribution in [3.63, 3.8) is 0 Å². The summed E-state index contributed by atoms with van der Waals surface area (Å²) in [5.74, 6) is 0. The molecule has 4 aromatic rings. The molecule has 0 amide bonds. The minimum Gasteiger partial charge on any atom is -0.356 e. The number of benzene rings is 2. The maximum Gasteiger partial charge on any atom is 0.297 e. The molecule has 0 radical (unpaired) electrons. The van der Waals surface area contributed by atoms with E-state index in [4.69, 9.17) is 0 Å². The van der Waals surface area contributed by atoms with Crippen LogP contribution in [0.3, 0.4) is 0 Å². The number of aldehydes is 1. The Labute approximate surface area is 152 Å². The van der Waals surface area contributed by atoms with Crippen LogP contribution in [-0.4, -0.2) is 31.3 Å². The number of nitrogens with one attached hydrogen (secondary N) is 2. The van der Waals surface area contributed by atoms with Gasteiger partial charge in [-0.25, -0.2) is 0 Å². The highest BCUT2D eigenvalue weighted by atomic mass is 16.6. The number of nitro benzene ring substituents is 2. The second kappa shape index (κ2) is 7.87. The number of hydrogen-bond acceptors (Lipinski definition) is 6. The largest absolute Gasteiger partial charge is 0.356 e. The molecule has 0 saturated carbocycles. The van der Waals surface area contributed by atoms with Crippen molar-refractivity contribution in [2.45, 2.75) is 7.43 Å². The van der Waals surface area contributed by atoms with E-state index in [1.54, 1.807) is 18.3 Å². The van der Waals surface area contributed by atoms with Gasteiger partial charge in [0.2, 0.25) is 0 Å². The Morgan fingerprint density at radius 1 is 0.963 bits per heavy atom. The van der Waals surface area contributed by atoms with E-state index >= 15 is 0 Å². The molecular weight excluding hydrogens is 354 g/mol. The van der Waals surface area contributed by atoms with Crippen LogP contribution < -0.4 is 0 Å². The molecule has 0 saturated heterocycles. The van der Waals surface area contributed by atoms with Gasteiger partial charge in [-0.3, -0.25) is 30.1 Å². The lowest BCUT2D eigenvalue weighted by Crippen LogP contribution is -1.88. The summed E-state index contributed by atoms with van der Waals surface area (Å²) >= 11 is 0. The van der Waals surface area contributed by atoms with Gasteiger partial charge in [0, 0.05) is 29.1 Å². The molecule has 0 aliphatic heterocycles. The van der Waals surface area contributed by atoms with Gasteiger partial charge in [0.25, 0.3) is 11.4 Å². The van der Waals surface area contributed by atoms with Gasteiger partial charge in [-0.15, -0.1) is 0 Å². The Kier molecular flexibility index (Phi) is 5.61. The molecule has 10 nitrogen and oxygen atoms in total. The molecule has 0 spiro atoms. The van der Waals surface area contributed by atoms with E-state index in [1.165, 1.54) is 18.2 Å². The Hall–Kier alpha value is -4.08. The first-order valence-electron chi connectivity index (χ1n) is 7.30. The van der Waals surface area contributed by atoms with Gasteiger partial charge in [0.15, 0.2) is 11.8 Å². The van der Waals surface area contributed by atoms with Gasteiger partial charge in [-0.05, 0) is 12.1 Å². The first kappa shape index (κ1) is 19.2. The highest BCUT2D eigenvalue weighted by Crippen LogP contribution is 2.24. The number of H-pyrrole nitrogens is 2. The molecule has 0 atom stereocenters. The zero-order valence-electron chi connectivity index (χ0n) is 13.1. The Morgan fingerprint density at radius 3 is 2.30 bits per heavy atom. The molecule has 0 unspecified atom stereocenters. The Balaban J connectivity index is 0.000000189. The number of fused-ring (bicyclic) bond motifs is 2. The van der Waals surface area contributed by atoms with E-state index < -0.39 is 9.85 Å². The third-order valence-electron chi connectivity index (χ3n) is 3.67. The summed E-state index contributed by atoms with van der Waals surface area (Å²) in [6.07, 6.45) is 2.27. The third-order valence-corrected chi connectivity index (χ3v) is 3.67. The SMILES string of the molecule is C.O=Cc1[nH]nc2c([N+](=O)[O-])cccc12.O=[N+]([O-])c1cccc2cc[nH]c12.